The summed E-state index contributed by atoms with van der Waals surface area (Å²) in [5.74, 6) is -1.35. The number of halogens is 4. The molecule has 0 aliphatic rings. The van der Waals surface area contributed by atoms with Crippen molar-refractivity contribution in [3.05, 3.63) is 50.9 Å². The largest absolute Gasteiger partial charge is 0.478 e. The van der Waals surface area contributed by atoms with Crippen LogP contribution in [0.1, 0.15) is 16.1 Å². The minimum absolute atomic E-state index is 0.0627. The maximum absolute atomic E-state index is 12.5. The van der Waals surface area contributed by atoms with Crippen molar-refractivity contribution in [1.82, 2.24) is 9.78 Å². The highest BCUT2D eigenvalue weighted by molar-refractivity contribution is 6.33. The van der Waals surface area contributed by atoms with Gasteiger partial charge in [-0.2, -0.15) is 13.2 Å². The molecule has 0 spiro atoms. The summed E-state index contributed by atoms with van der Waals surface area (Å²) in [6.07, 6.45) is -4.70. The van der Waals surface area contributed by atoms with Crippen LogP contribution in [0.5, 0.6) is 0 Å². The molecule has 2 N–H and O–H groups in total. The first-order valence-electron chi connectivity index (χ1n) is 5.12. The fourth-order valence-corrected chi connectivity index (χ4v) is 1.75. The lowest BCUT2D eigenvalue weighted by Crippen LogP contribution is -2.14. The van der Waals surface area contributed by atoms with Crippen LogP contribution in [0.4, 0.5) is 13.2 Å². The van der Waals surface area contributed by atoms with E-state index in [0.717, 1.165) is 6.07 Å². The first kappa shape index (κ1) is 14.2. The summed E-state index contributed by atoms with van der Waals surface area (Å²) in [5.41, 5.74) is -2.57. The Morgan fingerprint density at radius 2 is 1.95 bits per heavy atom. The first-order valence-corrected chi connectivity index (χ1v) is 5.50. The van der Waals surface area contributed by atoms with Gasteiger partial charge in [-0.3, -0.25) is 9.89 Å². The minimum atomic E-state index is -4.70. The number of carboxylic acid groups (broad SMARTS) is 1. The number of hydrogen-bond acceptors (Lipinski definition) is 2. The normalized spacial score (nSPS) is 11.6. The van der Waals surface area contributed by atoms with Gasteiger partial charge in [0.05, 0.1) is 16.3 Å². The highest BCUT2D eigenvalue weighted by Gasteiger charge is 2.33. The number of hydrogen-bond donors (Lipinski definition) is 2. The molecular formula is C11H6ClF3N2O3. The van der Waals surface area contributed by atoms with Gasteiger partial charge in [0.15, 0.2) is 0 Å². The van der Waals surface area contributed by atoms with E-state index in [9.17, 15) is 22.8 Å². The van der Waals surface area contributed by atoms with E-state index < -0.39 is 23.4 Å². The number of carboxylic acids is 1. The molecule has 9 heteroatoms. The average molecular weight is 307 g/mol. The summed E-state index contributed by atoms with van der Waals surface area (Å²) in [5, 5.41) is 10.7. The third-order valence-corrected chi connectivity index (χ3v) is 2.79. The standard InChI is InChI=1S/C11H6ClF3N2O3/c12-7-2-1-5(3-6(7)10(19)20)17-9(18)4-8(16-17)11(13,14)15/h1-4,16H,(H,19,20). The Labute approximate surface area is 114 Å². The van der Waals surface area contributed by atoms with E-state index in [1.807, 2.05) is 5.10 Å². The highest BCUT2D eigenvalue weighted by atomic mass is 35.5. The van der Waals surface area contributed by atoms with Crippen LogP contribution in [0.3, 0.4) is 0 Å². The second-order valence-electron chi connectivity index (χ2n) is 3.81. The summed E-state index contributed by atoms with van der Waals surface area (Å²) in [4.78, 5) is 22.4. The third kappa shape index (κ3) is 2.55. The monoisotopic (exact) mass is 306 g/mol. The Kier molecular flexibility index (Phi) is 3.34. The lowest BCUT2D eigenvalue weighted by molar-refractivity contribution is -0.141. The molecule has 1 aromatic heterocycles. The molecule has 0 fully saturated rings. The molecule has 0 amide bonds. The second kappa shape index (κ2) is 4.71. The summed E-state index contributed by atoms with van der Waals surface area (Å²) < 4.78 is 38.0. The predicted molar refractivity (Wildman–Crippen MR) is 63.4 cm³/mol. The maximum atomic E-state index is 12.5. The number of aromatic amines is 1. The zero-order chi connectivity index (χ0) is 15.1. The van der Waals surface area contributed by atoms with Crippen molar-refractivity contribution in [3.63, 3.8) is 0 Å². The number of nitrogens with one attached hydrogen (secondary N) is 1. The van der Waals surface area contributed by atoms with Crippen LogP contribution in [0.15, 0.2) is 29.1 Å². The van der Waals surface area contributed by atoms with E-state index in [1.165, 1.54) is 12.1 Å². The molecule has 0 saturated carbocycles. The highest BCUT2D eigenvalue weighted by Crippen LogP contribution is 2.27. The van der Waals surface area contributed by atoms with Gasteiger partial charge in [0, 0.05) is 6.07 Å². The molecule has 2 aromatic rings. The Hall–Kier alpha value is -2.22. The Morgan fingerprint density at radius 1 is 1.30 bits per heavy atom. The van der Waals surface area contributed by atoms with E-state index in [2.05, 4.69) is 0 Å². The summed E-state index contributed by atoms with van der Waals surface area (Å²) >= 11 is 5.64. The van der Waals surface area contributed by atoms with Crippen molar-refractivity contribution in [2.24, 2.45) is 0 Å². The number of benzene rings is 1. The number of rotatable bonds is 2. The Bertz CT molecular complexity index is 733. The number of nitrogens with zero attached hydrogens (tertiary/aromatic N) is 1. The minimum Gasteiger partial charge on any atom is -0.478 e. The second-order valence-corrected chi connectivity index (χ2v) is 4.22. The lowest BCUT2D eigenvalue weighted by Gasteiger charge is -2.06. The van der Waals surface area contributed by atoms with Crippen molar-refractivity contribution in [2.75, 3.05) is 0 Å². The number of aromatic carboxylic acids is 1. The van der Waals surface area contributed by atoms with E-state index in [1.54, 1.807) is 0 Å². The zero-order valence-electron chi connectivity index (χ0n) is 9.53. The summed E-state index contributed by atoms with van der Waals surface area (Å²) in [6.45, 7) is 0. The number of H-pyrrole nitrogens is 1. The predicted octanol–water partition coefficient (Wildman–Crippen LogP) is 2.54. The van der Waals surface area contributed by atoms with Gasteiger partial charge in [-0.1, -0.05) is 11.6 Å². The molecule has 0 radical (unpaired) electrons. The lowest BCUT2D eigenvalue weighted by atomic mass is 10.2. The molecule has 5 nitrogen and oxygen atoms in total. The molecule has 106 valence electrons. The van der Waals surface area contributed by atoms with Crippen molar-refractivity contribution in [2.45, 2.75) is 6.18 Å². The van der Waals surface area contributed by atoms with Gasteiger partial charge in [-0.15, -0.1) is 0 Å². The Morgan fingerprint density at radius 3 is 2.45 bits per heavy atom. The van der Waals surface area contributed by atoms with Crippen molar-refractivity contribution in [1.29, 1.82) is 0 Å². The first-order chi connectivity index (χ1) is 9.20. The molecule has 0 saturated heterocycles. The molecule has 1 aromatic carbocycles. The van der Waals surface area contributed by atoms with E-state index in [4.69, 9.17) is 16.7 Å². The van der Waals surface area contributed by atoms with Crippen molar-refractivity contribution in [3.8, 4) is 5.69 Å². The van der Waals surface area contributed by atoms with E-state index in [-0.39, 0.29) is 16.3 Å². The van der Waals surface area contributed by atoms with Gasteiger partial charge in [0.2, 0.25) is 0 Å². The molecule has 0 atom stereocenters. The number of carbonyl (C=O) groups is 1. The quantitative estimate of drug-likeness (QED) is 0.895. The molecule has 20 heavy (non-hydrogen) atoms. The number of aromatic nitrogens is 2. The van der Waals surface area contributed by atoms with Crippen LogP contribution in [-0.4, -0.2) is 20.9 Å². The molecule has 0 aliphatic carbocycles. The van der Waals surface area contributed by atoms with Crippen LogP contribution < -0.4 is 5.56 Å². The fraction of sp³-hybridized carbons (Fsp3) is 0.0909. The third-order valence-electron chi connectivity index (χ3n) is 2.46. The molecule has 1 heterocycles. The van der Waals surface area contributed by atoms with Gasteiger partial charge in [-0.25, -0.2) is 9.48 Å². The fourth-order valence-electron chi connectivity index (χ4n) is 1.55. The van der Waals surface area contributed by atoms with Gasteiger partial charge >= 0.3 is 12.1 Å². The average Bonchev–Trinajstić information content (AvgIpc) is 2.71. The molecule has 0 bridgehead atoms. The van der Waals surface area contributed by atoms with Crippen LogP contribution in [-0.2, 0) is 6.18 Å². The maximum Gasteiger partial charge on any atom is 0.432 e. The Balaban J connectivity index is 2.58. The van der Waals surface area contributed by atoms with Crippen LogP contribution in [0.2, 0.25) is 5.02 Å². The molecular weight excluding hydrogens is 301 g/mol. The van der Waals surface area contributed by atoms with Gasteiger partial charge in [-0.05, 0) is 18.2 Å². The van der Waals surface area contributed by atoms with Crippen LogP contribution >= 0.6 is 11.6 Å². The van der Waals surface area contributed by atoms with E-state index in [0.29, 0.717) is 10.7 Å². The SMILES string of the molecule is O=C(O)c1cc(-n2[nH]c(C(F)(F)F)cc2=O)ccc1Cl. The van der Waals surface area contributed by atoms with Gasteiger partial charge < -0.3 is 5.11 Å². The van der Waals surface area contributed by atoms with E-state index >= 15 is 0 Å². The smallest absolute Gasteiger partial charge is 0.432 e. The zero-order valence-corrected chi connectivity index (χ0v) is 10.3. The van der Waals surface area contributed by atoms with Crippen LogP contribution in [0, 0.1) is 0 Å². The van der Waals surface area contributed by atoms with Gasteiger partial charge in [0.25, 0.3) is 5.56 Å². The topological polar surface area (TPSA) is 75.1 Å². The summed E-state index contributed by atoms with van der Waals surface area (Å²) in [7, 11) is 0. The van der Waals surface area contributed by atoms with Crippen molar-refractivity contribution < 1.29 is 23.1 Å². The van der Waals surface area contributed by atoms with Crippen molar-refractivity contribution >= 4 is 17.6 Å². The molecule has 0 unspecified atom stereocenters. The molecule has 0 aliphatic heterocycles. The van der Waals surface area contributed by atoms with Gasteiger partial charge in [0.1, 0.15) is 5.69 Å². The number of alkyl halides is 3. The van der Waals surface area contributed by atoms with Crippen LogP contribution in [0.25, 0.3) is 5.69 Å². The molecule has 2 rings (SSSR count). The summed E-state index contributed by atoms with van der Waals surface area (Å²) in [6, 6.07) is 3.80.